The smallest absolute Gasteiger partial charge is 0.00922 e. The van der Waals surface area contributed by atoms with Gasteiger partial charge in [-0.3, -0.25) is 0 Å². The number of hydrogen-bond acceptors (Lipinski definition) is 1. The zero-order valence-corrected chi connectivity index (χ0v) is 29.4. The van der Waals surface area contributed by atoms with E-state index in [1.807, 2.05) is 0 Å². The summed E-state index contributed by atoms with van der Waals surface area (Å²) in [6.45, 7) is 8.13. The second-order valence-corrected chi connectivity index (χ2v) is 12.9. The van der Waals surface area contributed by atoms with E-state index < -0.39 is 0 Å². The van der Waals surface area contributed by atoms with Gasteiger partial charge in [0.2, 0.25) is 0 Å². The van der Waals surface area contributed by atoms with Gasteiger partial charge in [-0.25, -0.2) is 0 Å². The average molecular weight is 584 g/mol. The summed E-state index contributed by atoms with van der Waals surface area (Å²) in [5.41, 5.74) is 0. The molecule has 0 aromatic carbocycles. The van der Waals surface area contributed by atoms with E-state index in [-0.39, 0.29) is 0 Å². The summed E-state index contributed by atoms with van der Waals surface area (Å²) in [6.07, 6.45) is 55.4. The van der Waals surface area contributed by atoms with Crippen LogP contribution in [0.15, 0.2) is 48.6 Å². The van der Waals surface area contributed by atoms with Gasteiger partial charge in [0.15, 0.2) is 0 Å². The van der Waals surface area contributed by atoms with E-state index in [2.05, 4.69) is 81.3 Å². The summed E-state index contributed by atoms with van der Waals surface area (Å²) < 4.78 is 0. The molecule has 0 spiro atoms. The lowest BCUT2D eigenvalue weighted by Gasteiger charge is -2.28. The van der Waals surface area contributed by atoms with Gasteiger partial charge in [-0.15, -0.1) is 0 Å². The van der Waals surface area contributed by atoms with Crippen molar-refractivity contribution in [3.63, 3.8) is 0 Å². The van der Waals surface area contributed by atoms with E-state index in [4.69, 9.17) is 0 Å². The molecule has 42 heavy (non-hydrogen) atoms. The predicted molar refractivity (Wildman–Crippen MR) is 195 cm³/mol. The van der Waals surface area contributed by atoms with Crippen LogP contribution in [0.4, 0.5) is 0 Å². The van der Waals surface area contributed by atoms with Crippen molar-refractivity contribution < 1.29 is 0 Å². The third-order valence-electron chi connectivity index (χ3n) is 8.68. The summed E-state index contributed by atoms with van der Waals surface area (Å²) >= 11 is 0. The van der Waals surface area contributed by atoms with Gasteiger partial charge in [0, 0.05) is 6.04 Å². The summed E-state index contributed by atoms with van der Waals surface area (Å²) in [6, 6.07) is 0.807. The Morgan fingerprint density at radius 1 is 0.381 bits per heavy atom. The molecule has 0 aromatic rings. The first-order valence-electron chi connectivity index (χ1n) is 19.1. The quantitative estimate of drug-likeness (QED) is 0.0548. The SMILES string of the molecule is CCCCC/C=C\C/C=C\CCCCCCCCC(CCCCCCCC/C=C\C/C=C\CCCCC)N(C)CCC. The monoisotopic (exact) mass is 584 g/mol. The van der Waals surface area contributed by atoms with Crippen molar-refractivity contribution in [1.82, 2.24) is 4.90 Å². The van der Waals surface area contributed by atoms with Crippen LogP contribution in [-0.4, -0.2) is 24.5 Å². The maximum Gasteiger partial charge on any atom is 0.00922 e. The Balaban J connectivity index is 3.73. The number of hydrogen-bond donors (Lipinski definition) is 0. The van der Waals surface area contributed by atoms with Crippen LogP contribution < -0.4 is 0 Å². The van der Waals surface area contributed by atoms with Crippen molar-refractivity contribution in [3.8, 4) is 0 Å². The van der Waals surface area contributed by atoms with Crippen LogP contribution in [-0.2, 0) is 0 Å². The first kappa shape index (κ1) is 40.9. The van der Waals surface area contributed by atoms with Gasteiger partial charge >= 0.3 is 0 Å². The second-order valence-electron chi connectivity index (χ2n) is 12.9. The summed E-state index contributed by atoms with van der Waals surface area (Å²) in [7, 11) is 2.37. The minimum absolute atomic E-state index is 0.807. The summed E-state index contributed by atoms with van der Waals surface area (Å²) in [5.74, 6) is 0. The fourth-order valence-corrected chi connectivity index (χ4v) is 5.86. The van der Waals surface area contributed by atoms with Crippen molar-refractivity contribution in [2.45, 2.75) is 200 Å². The van der Waals surface area contributed by atoms with Crippen LogP contribution in [0, 0.1) is 0 Å². The minimum Gasteiger partial charge on any atom is -0.303 e. The molecule has 0 N–H and O–H groups in total. The van der Waals surface area contributed by atoms with Crippen LogP contribution in [0.2, 0.25) is 0 Å². The van der Waals surface area contributed by atoms with Crippen LogP contribution >= 0.6 is 0 Å². The molecular weight excluding hydrogens is 506 g/mol. The highest BCUT2D eigenvalue weighted by Gasteiger charge is 2.13. The predicted octanol–water partition coefficient (Wildman–Crippen LogP) is 14.1. The standard InChI is InChI=1S/C41H77N/c1-5-8-10-12-14-16-18-20-22-24-26-28-30-32-34-36-38-41(42(4)40-7-3)39-37-35-33-31-29-27-25-23-21-19-17-15-13-11-9-6-2/h14-17,20-23,41H,5-13,18-19,24-40H2,1-4H3/b16-14-,17-15-,22-20-,23-21-. The topological polar surface area (TPSA) is 3.24 Å². The van der Waals surface area contributed by atoms with Gasteiger partial charge < -0.3 is 4.90 Å². The van der Waals surface area contributed by atoms with Crippen molar-refractivity contribution in [2.24, 2.45) is 0 Å². The van der Waals surface area contributed by atoms with E-state index in [1.54, 1.807) is 0 Å². The van der Waals surface area contributed by atoms with Crippen LogP contribution in [0.25, 0.3) is 0 Å². The Hall–Kier alpha value is -1.08. The minimum atomic E-state index is 0.807. The normalized spacial score (nSPS) is 12.6. The molecule has 0 aromatic heterocycles. The number of unbranched alkanes of at least 4 members (excludes halogenated alkanes) is 18. The van der Waals surface area contributed by atoms with Crippen molar-refractivity contribution in [2.75, 3.05) is 13.6 Å². The molecule has 0 radical (unpaired) electrons. The lowest BCUT2D eigenvalue weighted by molar-refractivity contribution is 0.210. The first-order valence-corrected chi connectivity index (χ1v) is 19.1. The van der Waals surface area contributed by atoms with Crippen molar-refractivity contribution >= 4 is 0 Å². The lowest BCUT2D eigenvalue weighted by atomic mass is 9.98. The summed E-state index contributed by atoms with van der Waals surface area (Å²) in [5, 5.41) is 0. The zero-order valence-electron chi connectivity index (χ0n) is 29.4. The Morgan fingerprint density at radius 3 is 1.07 bits per heavy atom. The highest BCUT2D eigenvalue weighted by Crippen LogP contribution is 2.19. The average Bonchev–Trinajstić information content (AvgIpc) is 2.99. The molecule has 0 amide bonds. The van der Waals surface area contributed by atoms with Gasteiger partial charge in [-0.2, -0.15) is 0 Å². The van der Waals surface area contributed by atoms with E-state index in [0.717, 1.165) is 18.9 Å². The molecule has 0 bridgehead atoms. The molecule has 246 valence electrons. The Bertz CT molecular complexity index is 564. The number of rotatable bonds is 33. The lowest BCUT2D eigenvalue weighted by Crippen LogP contribution is -2.32. The highest BCUT2D eigenvalue weighted by molar-refractivity contribution is 4.93. The molecule has 0 atom stereocenters. The summed E-state index contributed by atoms with van der Waals surface area (Å²) in [4.78, 5) is 2.67. The molecule has 0 fully saturated rings. The molecule has 0 aliphatic rings. The van der Waals surface area contributed by atoms with Gasteiger partial charge in [0.05, 0.1) is 0 Å². The van der Waals surface area contributed by atoms with Gasteiger partial charge in [-0.05, 0) is 97.1 Å². The molecule has 0 aliphatic heterocycles. The van der Waals surface area contributed by atoms with Gasteiger partial charge in [0.1, 0.15) is 0 Å². The van der Waals surface area contributed by atoms with Crippen molar-refractivity contribution in [1.29, 1.82) is 0 Å². The van der Waals surface area contributed by atoms with E-state index in [1.165, 1.54) is 167 Å². The van der Waals surface area contributed by atoms with E-state index in [0.29, 0.717) is 0 Å². The largest absolute Gasteiger partial charge is 0.303 e. The van der Waals surface area contributed by atoms with E-state index in [9.17, 15) is 0 Å². The molecule has 0 rings (SSSR count). The molecule has 0 aliphatic carbocycles. The Labute approximate surface area is 266 Å². The molecule has 1 nitrogen and oxygen atoms in total. The maximum absolute atomic E-state index is 2.67. The van der Waals surface area contributed by atoms with Crippen LogP contribution in [0.5, 0.6) is 0 Å². The zero-order chi connectivity index (χ0) is 30.6. The Kier molecular flexibility index (Phi) is 35.2. The third kappa shape index (κ3) is 31.8. The molecule has 0 heterocycles. The third-order valence-corrected chi connectivity index (χ3v) is 8.68. The highest BCUT2D eigenvalue weighted by atomic mass is 15.1. The van der Waals surface area contributed by atoms with Gasteiger partial charge in [0.25, 0.3) is 0 Å². The molecule has 1 heteroatoms. The first-order chi connectivity index (χ1) is 20.8. The van der Waals surface area contributed by atoms with E-state index >= 15 is 0 Å². The van der Waals surface area contributed by atoms with Crippen LogP contribution in [0.1, 0.15) is 194 Å². The van der Waals surface area contributed by atoms with Crippen LogP contribution in [0.3, 0.4) is 0 Å². The fraction of sp³-hybridized carbons (Fsp3) is 0.805. The molecule has 0 saturated carbocycles. The Morgan fingerprint density at radius 2 is 0.714 bits per heavy atom. The van der Waals surface area contributed by atoms with Gasteiger partial charge in [-0.1, -0.05) is 159 Å². The second kappa shape index (κ2) is 36.1. The molecule has 0 saturated heterocycles. The van der Waals surface area contributed by atoms with Crippen molar-refractivity contribution in [3.05, 3.63) is 48.6 Å². The molecular formula is C41H77N. The number of allylic oxidation sites excluding steroid dienone is 8. The fourth-order valence-electron chi connectivity index (χ4n) is 5.86. The maximum atomic E-state index is 2.67. The molecule has 0 unspecified atom stereocenters. The number of nitrogens with zero attached hydrogens (tertiary/aromatic N) is 1.